The SMILES string of the molecule is C=C1NC(C)C2=C1CCCC2.CC.CC. The van der Waals surface area contributed by atoms with Gasteiger partial charge in [-0.3, -0.25) is 0 Å². The summed E-state index contributed by atoms with van der Waals surface area (Å²) in [5.74, 6) is 0. The summed E-state index contributed by atoms with van der Waals surface area (Å²) in [6.07, 6.45) is 5.28. The van der Waals surface area contributed by atoms with Crippen LogP contribution in [0.2, 0.25) is 0 Å². The monoisotopic (exact) mass is 209 g/mol. The van der Waals surface area contributed by atoms with E-state index in [4.69, 9.17) is 0 Å². The molecule has 88 valence electrons. The van der Waals surface area contributed by atoms with Crippen LogP contribution in [0.25, 0.3) is 0 Å². The maximum atomic E-state index is 4.02. The van der Waals surface area contributed by atoms with Crippen molar-refractivity contribution < 1.29 is 0 Å². The number of allylic oxidation sites excluding steroid dienone is 1. The van der Waals surface area contributed by atoms with E-state index in [9.17, 15) is 0 Å². The fraction of sp³-hybridized carbons (Fsp3) is 0.714. The van der Waals surface area contributed by atoms with E-state index in [1.54, 1.807) is 5.57 Å². The van der Waals surface area contributed by atoms with Gasteiger partial charge in [-0.25, -0.2) is 0 Å². The zero-order valence-corrected chi connectivity index (χ0v) is 11.1. The summed E-state index contributed by atoms with van der Waals surface area (Å²) in [7, 11) is 0. The molecule has 1 nitrogen and oxygen atoms in total. The molecule has 0 saturated heterocycles. The molecule has 0 fully saturated rings. The van der Waals surface area contributed by atoms with Crippen molar-refractivity contribution in [3.05, 3.63) is 23.4 Å². The molecule has 0 aromatic carbocycles. The summed E-state index contributed by atoms with van der Waals surface area (Å²) in [4.78, 5) is 0. The molecule has 1 heterocycles. The molecule has 15 heavy (non-hydrogen) atoms. The molecule has 1 aliphatic carbocycles. The second-order valence-corrected chi connectivity index (χ2v) is 3.56. The van der Waals surface area contributed by atoms with Gasteiger partial charge in [0.1, 0.15) is 0 Å². The predicted octanol–water partition coefficient (Wildman–Crippen LogP) is 4.41. The third-order valence-electron chi connectivity index (χ3n) is 2.79. The lowest BCUT2D eigenvalue weighted by Crippen LogP contribution is -2.19. The lowest BCUT2D eigenvalue weighted by atomic mass is 9.90. The van der Waals surface area contributed by atoms with Crippen LogP contribution < -0.4 is 5.32 Å². The Bertz CT molecular complexity index is 225. The van der Waals surface area contributed by atoms with Crippen LogP contribution in [-0.2, 0) is 0 Å². The highest BCUT2D eigenvalue weighted by Gasteiger charge is 2.25. The van der Waals surface area contributed by atoms with Gasteiger partial charge in [0, 0.05) is 11.7 Å². The Morgan fingerprint density at radius 2 is 1.60 bits per heavy atom. The number of nitrogens with one attached hydrogen (secondary N) is 1. The zero-order chi connectivity index (χ0) is 11.8. The van der Waals surface area contributed by atoms with E-state index in [2.05, 4.69) is 18.8 Å². The summed E-state index contributed by atoms with van der Waals surface area (Å²) in [6, 6.07) is 0.567. The maximum absolute atomic E-state index is 4.02. The molecule has 2 aliphatic rings. The highest BCUT2D eigenvalue weighted by molar-refractivity contribution is 5.42. The van der Waals surface area contributed by atoms with Gasteiger partial charge in [-0.15, -0.1) is 0 Å². The first-order valence-electron chi connectivity index (χ1n) is 6.47. The normalized spacial score (nSPS) is 23.0. The second kappa shape index (κ2) is 7.56. The van der Waals surface area contributed by atoms with Crippen molar-refractivity contribution in [2.75, 3.05) is 0 Å². The Kier molecular flexibility index (Phi) is 7.19. The van der Waals surface area contributed by atoms with Crippen LogP contribution in [0.5, 0.6) is 0 Å². The van der Waals surface area contributed by atoms with Crippen molar-refractivity contribution in [1.82, 2.24) is 5.32 Å². The van der Waals surface area contributed by atoms with E-state index < -0.39 is 0 Å². The minimum absolute atomic E-state index is 0.567. The quantitative estimate of drug-likeness (QED) is 0.623. The molecule has 0 bridgehead atoms. The van der Waals surface area contributed by atoms with Gasteiger partial charge in [0.2, 0.25) is 0 Å². The predicted molar refractivity (Wildman–Crippen MR) is 69.9 cm³/mol. The Hall–Kier alpha value is -0.720. The van der Waals surface area contributed by atoms with Crippen molar-refractivity contribution in [1.29, 1.82) is 0 Å². The van der Waals surface area contributed by atoms with Crippen LogP contribution >= 0.6 is 0 Å². The Morgan fingerprint density at radius 1 is 1.07 bits per heavy atom. The maximum Gasteiger partial charge on any atom is 0.0451 e. The molecule has 0 aromatic heterocycles. The smallest absolute Gasteiger partial charge is 0.0451 e. The first-order chi connectivity index (χ1) is 7.29. The Morgan fingerprint density at radius 3 is 2.13 bits per heavy atom. The molecule has 0 radical (unpaired) electrons. The molecule has 0 saturated carbocycles. The molecule has 0 spiro atoms. The van der Waals surface area contributed by atoms with Crippen LogP contribution in [0.1, 0.15) is 60.3 Å². The third-order valence-corrected chi connectivity index (χ3v) is 2.79. The molecule has 1 unspecified atom stereocenters. The molecule has 0 aromatic rings. The number of hydrogen-bond donors (Lipinski definition) is 1. The van der Waals surface area contributed by atoms with E-state index in [-0.39, 0.29) is 0 Å². The summed E-state index contributed by atoms with van der Waals surface area (Å²) in [6.45, 7) is 14.3. The molecular weight excluding hydrogens is 182 g/mol. The summed E-state index contributed by atoms with van der Waals surface area (Å²) >= 11 is 0. The van der Waals surface area contributed by atoms with Gasteiger partial charge in [0.15, 0.2) is 0 Å². The molecule has 2 rings (SSSR count). The number of hydrogen-bond acceptors (Lipinski definition) is 1. The molecule has 1 atom stereocenters. The summed E-state index contributed by atoms with van der Waals surface area (Å²) in [5.41, 5.74) is 4.34. The van der Waals surface area contributed by atoms with Crippen molar-refractivity contribution in [2.24, 2.45) is 0 Å². The minimum Gasteiger partial charge on any atom is -0.379 e. The lowest BCUT2D eigenvalue weighted by Gasteiger charge is -2.14. The molecule has 0 amide bonds. The topological polar surface area (TPSA) is 12.0 Å². The summed E-state index contributed by atoms with van der Waals surface area (Å²) in [5, 5.41) is 3.39. The van der Waals surface area contributed by atoms with Crippen LogP contribution in [-0.4, -0.2) is 6.04 Å². The lowest BCUT2D eigenvalue weighted by molar-refractivity contribution is 0.648. The zero-order valence-electron chi connectivity index (χ0n) is 11.1. The van der Waals surface area contributed by atoms with Crippen LogP contribution in [0, 0.1) is 0 Å². The van der Waals surface area contributed by atoms with Crippen LogP contribution in [0.4, 0.5) is 0 Å². The van der Waals surface area contributed by atoms with E-state index in [0.717, 1.165) is 0 Å². The van der Waals surface area contributed by atoms with Gasteiger partial charge in [-0.05, 0) is 43.8 Å². The van der Waals surface area contributed by atoms with Crippen molar-refractivity contribution in [3.8, 4) is 0 Å². The average molecular weight is 209 g/mol. The summed E-state index contributed by atoms with van der Waals surface area (Å²) < 4.78 is 0. The molecule has 1 heteroatoms. The number of rotatable bonds is 0. The van der Waals surface area contributed by atoms with E-state index in [1.807, 2.05) is 27.7 Å². The van der Waals surface area contributed by atoms with Crippen LogP contribution in [0.3, 0.4) is 0 Å². The van der Waals surface area contributed by atoms with Crippen molar-refractivity contribution in [3.63, 3.8) is 0 Å². The minimum atomic E-state index is 0.567. The molecular formula is C14H27N. The highest BCUT2D eigenvalue weighted by atomic mass is 15.0. The molecule has 1 aliphatic heterocycles. The third kappa shape index (κ3) is 3.40. The largest absolute Gasteiger partial charge is 0.379 e. The molecule has 1 N–H and O–H groups in total. The van der Waals surface area contributed by atoms with Gasteiger partial charge >= 0.3 is 0 Å². The fourth-order valence-electron chi connectivity index (χ4n) is 2.19. The van der Waals surface area contributed by atoms with Gasteiger partial charge < -0.3 is 5.32 Å². The van der Waals surface area contributed by atoms with Crippen LogP contribution in [0.15, 0.2) is 23.4 Å². The standard InChI is InChI=1S/C10H15N.2C2H6/c1-7-9-5-3-4-6-10(9)8(2)11-7;2*1-2/h8,11H,1,3-6H2,2H3;2*1-2H3. The van der Waals surface area contributed by atoms with Crippen molar-refractivity contribution >= 4 is 0 Å². The fourth-order valence-corrected chi connectivity index (χ4v) is 2.19. The van der Waals surface area contributed by atoms with Gasteiger partial charge in [0.05, 0.1) is 0 Å². The average Bonchev–Trinajstić information content (AvgIpc) is 2.61. The van der Waals surface area contributed by atoms with Gasteiger partial charge in [-0.2, -0.15) is 0 Å². The Balaban J connectivity index is 0.000000442. The second-order valence-electron chi connectivity index (χ2n) is 3.56. The van der Waals surface area contributed by atoms with E-state index in [1.165, 1.54) is 37.0 Å². The highest BCUT2D eigenvalue weighted by Crippen LogP contribution is 2.34. The van der Waals surface area contributed by atoms with Gasteiger partial charge in [-0.1, -0.05) is 34.3 Å². The first kappa shape index (κ1) is 14.3. The van der Waals surface area contributed by atoms with E-state index in [0.29, 0.717) is 6.04 Å². The Labute approximate surface area is 95.7 Å². The van der Waals surface area contributed by atoms with Crippen molar-refractivity contribution in [2.45, 2.75) is 66.3 Å². The van der Waals surface area contributed by atoms with Gasteiger partial charge in [0.25, 0.3) is 0 Å². The van der Waals surface area contributed by atoms with E-state index >= 15 is 0 Å². The first-order valence-corrected chi connectivity index (χ1v) is 6.47.